The second-order valence-electron chi connectivity index (χ2n) is 5.16. The van der Waals surface area contributed by atoms with Crippen molar-refractivity contribution in [3.8, 4) is 11.5 Å². The smallest absolute Gasteiger partial charge is 0.244 e. The molecule has 136 valence electrons. The average Bonchev–Trinajstić information content (AvgIpc) is 2.65. The number of sulfonamides is 1. The van der Waals surface area contributed by atoms with Crippen molar-refractivity contribution in [3.63, 3.8) is 0 Å². The minimum atomic E-state index is -3.84. The van der Waals surface area contributed by atoms with Crippen LogP contribution >= 0.6 is 11.8 Å². The second kappa shape index (κ2) is 8.57. The van der Waals surface area contributed by atoms with E-state index in [2.05, 4.69) is 4.72 Å². The largest absolute Gasteiger partial charge is 0.497 e. The molecule has 0 saturated heterocycles. The zero-order valence-electron chi connectivity index (χ0n) is 14.2. The van der Waals surface area contributed by atoms with Gasteiger partial charge in [0, 0.05) is 17.5 Å². The van der Waals surface area contributed by atoms with Crippen molar-refractivity contribution in [2.75, 3.05) is 27.0 Å². The van der Waals surface area contributed by atoms with E-state index >= 15 is 0 Å². The Labute approximate surface area is 152 Å². The van der Waals surface area contributed by atoms with Crippen molar-refractivity contribution in [2.24, 2.45) is 0 Å². The highest BCUT2D eigenvalue weighted by Gasteiger charge is 2.21. The van der Waals surface area contributed by atoms with Crippen molar-refractivity contribution in [1.82, 2.24) is 4.72 Å². The van der Waals surface area contributed by atoms with Gasteiger partial charge in [0.05, 0.1) is 20.3 Å². The Morgan fingerprint density at radius 1 is 1.12 bits per heavy atom. The van der Waals surface area contributed by atoms with Gasteiger partial charge >= 0.3 is 0 Å². The maximum Gasteiger partial charge on any atom is 0.244 e. The van der Waals surface area contributed by atoms with Crippen LogP contribution in [0.1, 0.15) is 11.7 Å². The number of rotatable bonds is 8. The van der Waals surface area contributed by atoms with E-state index in [1.807, 2.05) is 18.4 Å². The first-order valence-electron chi connectivity index (χ1n) is 7.45. The molecule has 0 heterocycles. The van der Waals surface area contributed by atoms with E-state index < -0.39 is 16.1 Å². The SMILES string of the molecule is COc1ccc(S(=O)(=O)NCC(O)c2ccc(SC)cc2)c(OC)c1. The van der Waals surface area contributed by atoms with Crippen molar-refractivity contribution in [1.29, 1.82) is 0 Å². The summed E-state index contributed by atoms with van der Waals surface area (Å²) in [7, 11) is -0.968. The Morgan fingerprint density at radius 2 is 1.80 bits per heavy atom. The Kier molecular flexibility index (Phi) is 6.71. The lowest BCUT2D eigenvalue weighted by Gasteiger charge is -2.15. The van der Waals surface area contributed by atoms with Crippen LogP contribution in [0.2, 0.25) is 0 Å². The summed E-state index contributed by atoms with van der Waals surface area (Å²) in [6.45, 7) is -0.143. The molecule has 2 N–H and O–H groups in total. The normalized spacial score (nSPS) is 12.6. The number of thioether (sulfide) groups is 1. The Hall–Kier alpha value is -1.74. The molecule has 1 atom stereocenters. The molecule has 1 unspecified atom stereocenters. The van der Waals surface area contributed by atoms with Gasteiger partial charge in [0.1, 0.15) is 16.4 Å². The van der Waals surface area contributed by atoms with E-state index in [1.165, 1.54) is 32.4 Å². The van der Waals surface area contributed by atoms with Crippen LogP contribution in [0.25, 0.3) is 0 Å². The number of benzene rings is 2. The molecule has 0 amide bonds. The van der Waals surface area contributed by atoms with Crippen molar-refractivity contribution < 1.29 is 23.0 Å². The molecule has 0 aromatic heterocycles. The van der Waals surface area contributed by atoms with E-state index in [0.717, 1.165) is 4.90 Å². The number of aliphatic hydroxyl groups excluding tert-OH is 1. The molecule has 2 rings (SSSR count). The number of methoxy groups -OCH3 is 2. The average molecular weight is 383 g/mol. The van der Waals surface area contributed by atoms with Crippen molar-refractivity contribution in [3.05, 3.63) is 48.0 Å². The second-order valence-corrected chi connectivity index (χ2v) is 7.77. The molecule has 0 aliphatic rings. The molecule has 2 aromatic rings. The standard InChI is InChI=1S/C17H21NO5S2/c1-22-13-6-9-17(16(10-13)23-2)25(20,21)18-11-15(19)12-4-7-14(24-3)8-5-12/h4-10,15,18-19H,11H2,1-3H3. The Morgan fingerprint density at radius 3 is 2.36 bits per heavy atom. The van der Waals surface area contributed by atoms with E-state index in [1.54, 1.807) is 23.9 Å². The van der Waals surface area contributed by atoms with Crippen LogP contribution in [0.15, 0.2) is 52.3 Å². The van der Waals surface area contributed by atoms with Crippen LogP contribution in [0.4, 0.5) is 0 Å². The fourth-order valence-electron chi connectivity index (χ4n) is 2.21. The number of hydrogen-bond acceptors (Lipinski definition) is 6. The van der Waals surface area contributed by atoms with E-state index in [9.17, 15) is 13.5 Å². The monoisotopic (exact) mass is 383 g/mol. The van der Waals surface area contributed by atoms with E-state index in [4.69, 9.17) is 9.47 Å². The fraction of sp³-hybridized carbons (Fsp3) is 0.294. The maximum absolute atomic E-state index is 12.5. The summed E-state index contributed by atoms with van der Waals surface area (Å²) in [4.78, 5) is 1.06. The van der Waals surface area contributed by atoms with Crippen LogP contribution < -0.4 is 14.2 Å². The van der Waals surface area contributed by atoms with Crippen molar-refractivity contribution >= 4 is 21.8 Å². The number of hydrogen-bond donors (Lipinski definition) is 2. The van der Waals surface area contributed by atoms with Gasteiger partial charge in [-0.2, -0.15) is 0 Å². The van der Waals surface area contributed by atoms with E-state index in [-0.39, 0.29) is 17.2 Å². The quantitative estimate of drug-likeness (QED) is 0.681. The first-order chi connectivity index (χ1) is 11.9. The minimum absolute atomic E-state index is 0.0132. The molecule has 6 nitrogen and oxygen atoms in total. The molecule has 8 heteroatoms. The van der Waals surface area contributed by atoms with Gasteiger partial charge in [-0.15, -0.1) is 11.8 Å². The highest BCUT2D eigenvalue weighted by atomic mass is 32.2. The third-order valence-electron chi connectivity index (χ3n) is 3.63. The highest BCUT2D eigenvalue weighted by Crippen LogP contribution is 2.28. The topological polar surface area (TPSA) is 84.9 Å². The summed E-state index contributed by atoms with van der Waals surface area (Å²) in [5, 5.41) is 10.2. The number of ether oxygens (including phenoxy) is 2. The summed E-state index contributed by atoms with van der Waals surface area (Å²) >= 11 is 1.59. The third kappa shape index (κ3) is 4.88. The van der Waals surface area contributed by atoms with Crippen LogP contribution in [0.3, 0.4) is 0 Å². The number of aliphatic hydroxyl groups is 1. The van der Waals surface area contributed by atoms with Gasteiger partial charge in [-0.1, -0.05) is 12.1 Å². The van der Waals surface area contributed by atoms with Gasteiger partial charge in [-0.05, 0) is 36.1 Å². The maximum atomic E-state index is 12.5. The lowest BCUT2D eigenvalue weighted by Crippen LogP contribution is -2.28. The van der Waals surface area contributed by atoms with Gasteiger partial charge in [0.15, 0.2) is 0 Å². The molecule has 0 fully saturated rings. The molecule has 0 bridgehead atoms. The molecular weight excluding hydrogens is 362 g/mol. The molecule has 0 spiro atoms. The summed E-state index contributed by atoms with van der Waals surface area (Å²) in [6.07, 6.45) is 1.01. The number of nitrogens with one attached hydrogen (secondary N) is 1. The first kappa shape index (κ1) is 19.6. The third-order valence-corrected chi connectivity index (χ3v) is 5.83. The first-order valence-corrected chi connectivity index (χ1v) is 10.2. The predicted molar refractivity (Wildman–Crippen MR) is 97.9 cm³/mol. The molecule has 25 heavy (non-hydrogen) atoms. The molecule has 0 aliphatic heterocycles. The summed E-state index contributed by atoms with van der Waals surface area (Å²) in [5.74, 6) is 0.662. The highest BCUT2D eigenvalue weighted by molar-refractivity contribution is 7.98. The molecule has 2 aromatic carbocycles. The van der Waals surface area contributed by atoms with Crippen LogP contribution in [0.5, 0.6) is 11.5 Å². The molecular formula is C17H21NO5S2. The lowest BCUT2D eigenvalue weighted by atomic mass is 10.1. The lowest BCUT2D eigenvalue weighted by molar-refractivity contribution is 0.182. The van der Waals surface area contributed by atoms with Gasteiger partial charge in [-0.3, -0.25) is 0 Å². The van der Waals surface area contributed by atoms with Gasteiger partial charge in [0.2, 0.25) is 10.0 Å². The van der Waals surface area contributed by atoms with Crippen LogP contribution in [0, 0.1) is 0 Å². The zero-order chi connectivity index (χ0) is 18.4. The summed E-state index contributed by atoms with van der Waals surface area (Å²) < 4.78 is 37.6. The Balaban J connectivity index is 2.13. The molecule has 0 radical (unpaired) electrons. The molecule has 0 saturated carbocycles. The van der Waals surface area contributed by atoms with Gasteiger partial charge < -0.3 is 14.6 Å². The molecule has 0 aliphatic carbocycles. The van der Waals surface area contributed by atoms with E-state index in [0.29, 0.717) is 11.3 Å². The Bertz CT molecular complexity index is 806. The van der Waals surface area contributed by atoms with Crippen LogP contribution in [-0.2, 0) is 10.0 Å². The van der Waals surface area contributed by atoms with Crippen LogP contribution in [-0.4, -0.2) is 40.5 Å². The summed E-state index contributed by atoms with van der Waals surface area (Å²) in [6, 6.07) is 11.7. The van der Waals surface area contributed by atoms with Crippen molar-refractivity contribution in [2.45, 2.75) is 15.9 Å². The van der Waals surface area contributed by atoms with Gasteiger partial charge in [0.25, 0.3) is 0 Å². The fourth-order valence-corrected chi connectivity index (χ4v) is 3.80. The van der Waals surface area contributed by atoms with Gasteiger partial charge in [-0.25, -0.2) is 13.1 Å². The summed E-state index contributed by atoms with van der Waals surface area (Å²) in [5.41, 5.74) is 0.641. The predicted octanol–water partition coefficient (Wildman–Crippen LogP) is 2.44. The minimum Gasteiger partial charge on any atom is -0.497 e. The zero-order valence-corrected chi connectivity index (χ0v) is 15.9.